The number of thioether (sulfide) groups is 2. The van der Waals surface area contributed by atoms with Crippen LogP contribution in [0, 0.1) is 49.0 Å². The van der Waals surface area contributed by atoms with Gasteiger partial charge in [-0.15, -0.1) is 0 Å². The van der Waals surface area contributed by atoms with Crippen molar-refractivity contribution in [1.29, 1.82) is 10.5 Å². The van der Waals surface area contributed by atoms with Crippen LogP contribution in [0.2, 0.25) is 0 Å². The van der Waals surface area contributed by atoms with E-state index in [2.05, 4.69) is 10.8 Å². The van der Waals surface area contributed by atoms with Gasteiger partial charge in [-0.3, -0.25) is 0 Å². The maximum atomic E-state index is 8.78. The van der Waals surface area contributed by atoms with Gasteiger partial charge < -0.3 is 0 Å². The quantitative estimate of drug-likeness (QED) is 0.584. The molecule has 0 N–H and O–H groups in total. The molecule has 0 amide bonds. The van der Waals surface area contributed by atoms with E-state index in [1.54, 1.807) is 0 Å². The summed E-state index contributed by atoms with van der Waals surface area (Å²) in [6.07, 6.45) is 0. The summed E-state index contributed by atoms with van der Waals surface area (Å²) in [5.74, 6) is 0. The lowest BCUT2D eigenvalue weighted by Gasteiger charge is -2.16. The molecular formula is C12H12N2S2. The Balaban J connectivity index is 3.52. The predicted molar refractivity (Wildman–Crippen MR) is 68.3 cm³/mol. The molecule has 0 aromatic heterocycles. The summed E-state index contributed by atoms with van der Waals surface area (Å²) in [4.78, 5) is 2.06. The third kappa shape index (κ3) is 2.19. The third-order valence-corrected chi connectivity index (χ3v) is 4.60. The van der Waals surface area contributed by atoms with Crippen LogP contribution in [0.3, 0.4) is 0 Å². The molecule has 1 aromatic carbocycles. The van der Waals surface area contributed by atoms with E-state index < -0.39 is 0 Å². The van der Waals surface area contributed by atoms with E-state index in [0.717, 1.165) is 32.0 Å². The van der Waals surface area contributed by atoms with E-state index in [1.165, 1.54) is 23.5 Å². The van der Waals surface area contributed by atoms with Gasteiger partial charge in [0, 0.05) is 9.79 Å². The molecule has 0 fully saturated rings. The monoisotopic (exact) mass is 248 g/mol. The maximum Gasteiger partial charge on any atom is 0.138 e. The summed E-state index contributed by atoms with van der Waals surface area (Å²) in [7, 11) is 0. The van der Waals surface area contributed by atoms with Crippen LogP contribution in [-0.4, -0.2) is 0 Å². The lowest BCUT2D eigenvalue weighted by molar-refractivity contribution is 1.06. The molecule has 0 saturated heterocycles. The van der Waals surface area contributed by atoms with Crippen LogP contribution >= 0.6 is 23.5 Å². The predicted octanol–water partition coefficient (Wildman–Crippen LogP) is 4.07. The van der Waals surface area contributed by atoms with Crippen LogP contribution in [0.4, 0.5) is 0 Å². The highest BCUT2D eigenvalue weighted by Crippen LogP contribution is 2.37. The molecule has 2 nitrogen and oxygen atoms in total. The van der Waals surface area contributed by atoms with Crippen molar-refractivity contribution in [2.45, 2.75) is 37.5 Å². The summed E-state index contributed by atoms with van der Waals surface area (Å²) >= 11 is 2.39. The van der Waals surface area contributed by atoms with Gasteiger partial charge in [0.05, 0.1) is 0 Å². The molecule has 1 aromatic rings. The smallest absolute Gasteiger partial charge is 0.138 e. The zero-order chi connectivity index (χ0) is 12.3. The molecular weight excluding hydrogens is 236 g/mol. The zero-order valence-electron chi connectivity index (χ0n) is 9.71. The van der Waals surface area contributed by atoms with Crippen molar-refractivity contribution in [2.24, 2.45) is 0 Å². The molecule has 16 heavy (non-hydrogen) atoms. The molecule has 1 rings (SSSR count). The highest BCUT2D eigenvalue weighted by molar-refractivity contribution is 8.04. The lowest BCUT2D eigenvalue weighted by Crippen LogP contribution is -1.97. The third-order valence-electron chi connectivity index (χ3n) is 2.78. The van der Waals surface area contributed by atoms with Crippen molar-refractivity contribution in [3.63, 3.8) is 0 Å². The first kappa shape index (κ1) is 13.0. The molecule has 0 saturated carbocycles. The van der Waals surface area contributed by atoms with Gasteiger partial charge in [0.15, 0.2) is 0 Å². The SMILES string of the molecule is Cc1c(C)c(SC#N)c(C)c(C)c1SC#N. The fourth-order valence-corrected chi connectivity index (χ4v) is 3.05. The van der Waals surface area contributed by atoms with Gasteiger partial charge in [-0.25, -0.2) is 0 Å². The fourth-order valence-electron chi connectivity index (χ4n) is 1.64. The summed E-state index contributed by atoms with van der Waals surface area (Å²) in [6, 6.07) is 0. The first-order valence-electron chi connectivity index (χ1n) is 4.76. The summed E-state index contributed by atoms with van der Waals surface area (Å²) in [5, 5.41) is 21.8. The normalized spacial score (nSPS) is 9.62. The fraction of sp³-hybridized carbons (Fsp3) is 0.333. The van der Waals surface area contributed by atoms with Crippen LogP contribution in [0.15, 0.2) is 9.79 Å². The number of nitriles is 2. The topological polar surface area (TPSA) is 47.6 Å². The molecule has 4 heteroatoms. The first-order chi connectivity index (χ1) is 7.54. The van der Waals surface area contributed by atoms with Gasteiger partial charge in [0.25, 0.3) is 0 Å². The average molecular weight is 248 g/mol. The summed E-state index contributed by atoms with van der Waals surface area (Å²) < 4.78 is 0. The minimum atomic E-state index is 1.03. The van der Waals surface area contributed by atoms with E-state index in [9.17, 15) is 0 Å². The molecule has 0 bridgehead atoms. The summed E-state index contributed by atoms with van der Waals surface area (Å²) in [6.45, 7) is 8.01. The van der Waals surface area contributed by atoms with Gasteiger partial charge >= 0.3 is 0 Å². The Bertz CT molecular complexity index is 431. The summed E-state index contributed by atoms with van der Waals surface area (Å²) in [5.41, 5.74) is 4.42. The van der Waals surface area contributed by atoms with E-state index in [0.29, 0.717) is 0 Å². The highest BCUT2D eigenvalue weighted by Gasteiger charge is 2.15. The lowest BCUT2D eigenvalue weighted by atomic mass is 10.0. The van der Waals surface area contributed by atoms with Crippen LogP contribution < -0.4 is 0 Å². The van der Waals surface area contributed by atoms with Gasteiger partial charge in [0.1, 0.15) is 10.8 Å². The van der Waals surface area contributed by atoms with Crippen LogP contribution in [0.25, 0.3) is 0 Å². The molecule has 0 aliphatic heterocycles. The van der Waals surface area contributed by atoms with Gasteiger partial charge in [-0.2, -0.15) is 10.5 Å². The molecule has 0 atom stereocenters. The van der Waals surface area contributed by atoms with Crippen molar-refractivity contribution >= 4 is 23.5 Å². The Morgan fingerprint density at radius 3 is 1.12 bits per heavy atom. The van der Waals surface area contributed by atoms with Gasteiger partial charge in [-0.1, -0.05) is 0 Å². The molecule has 0 spiro atoms. The number of hydrogen-bond donors (Lipinski definition) is 0. The molecule has 0 radical (unpaired) electrons. The van der Waals surface area contributed by atoms with E-state index in [1.807, 2.05) is 27.7 Å². The second-order valence-electron chi connectivity index (χ2n) is 3.54. The Kier molecular flexibility index (Phi) is 4.29. The second-order valence-corrected chi connectivity index (χ2v) is 5.13. The number of benzene rings is 1. The molecule has 0 heterocycles. The second kappa shape index (κ2) is 5.30. The molecule has 82 valence electrons. The Labute approximate surface area is 105 Å². The van der Waals surface area contributed by atoms with E-state index in [-0.39, 0.29) is 0 Å². The van der Waals surface area contributed by atoms with Crippen molar-refractivity contribution in [3.8, 4) is 10.8 Å². The number of nitrogens with zero attached hydrogens (tertiary/aromatic N) is 2. The standard InChI is InChI=1S/C12H12N2S2/c1-7-8(2)12(16-6-14)10(4)9(3)11(7)15-5-13/h1-4H3. The molecule has 0 aliphatic rings. The number of thiocyanates is 2. The number of hydrogen-bond acceptors (Lipinski definition) is 4. The molecule has 0 aliphatic carbocycles. The number of rotatable bonds is 2. The molecule has 0 unspecified atom stereocenters. The van der Waals surface area contributed by atoms with Crippen molar-refractivity contribution in [3.05, 3.63) is 22.3 Å². The van der Waals surface area contributed by atoms with Gasteiger partial charge in [-0.05, 0) is 73.5 Å². The van der Waals surface area contributed by atoms with Crippen LogP contribution in [0.5, 0.6) is 0 Å². The minimum absolute atomic E-state index is 1.03. The highest BCUT2D eigenvalue weighted by atomic mass is 32.2. The van der Waals surface area contributed by atoms with Crippen molar-refractivity contribution in [1.82, 2.24) is 0 Å². The average Bonchev–Trinajstić information content (AvgIpc) is 2.28. The largest absolute Gasteiger partial charge is 0.185 e. The van der Waals surface area contributed by atoms with Crippen molar-refractivity contribution in [2.75, 3.05) is 0 Å². The minimum Gasteiger partial charge on any atom is -0.185 e. The van der Waals surface area contributed by atoms with E-state index in [4.69, 9.17) is 10.5 Å². The van der Waals surface area contributed by atoms with Crippen LogP contribution in [-0.2, 0) is 0 Å². The maximum absolute atomic E-state index is 8.78. The Hall–Kier alpha value is -1.10. The Morgan fingerprint density at radius 2 is 0.938 bits per heavy atom. The Morgan fingerprint density at radius 1 is 0.688 bits per heavy atom. The van der Waals surface area contributed by atoms with Gasteiger partial charge in [0.2, 0.25) is 0 Å². The van der Waals surface area contributed by atoms with Crippen molar-refractivity contribution < 1.29 is 0 Å². The zero-order valence-corrected chi connectivity index (χ0v) is 11.3. The van der Waals surface area contributed by atoms with Crippen LogP contribution in [0.1, 0.15) is 22.3 Å². The first-order valence-corrected chi connectivity index (χ1v) is 6.40. The van der Waals surface area contributed by atoms with E-state index >= 15 is 0 Å².